The molecule has 6 heteroatoms. The van der Waals surface area contributed by atoms with Crippen LogP contribution in [-0.2, 0) is 14.1 Å². The molecule has 0 bridgehead atoms. The van der Waals surface area contributed by atoms with Crippen LogP contribution in [-0.4, -0.2) is 32.1 Å². The number of para-hydroxylation sites is 1. The topological polar surface area (TPSA) is 59.7 Å². The highest BCUT2D eigenvalue weighted by molar-refractivity contribution is 5.98. The van der Waals surface area contributed by atoms with Gasteiger partial charge >= 0.3 is 0 Å². The van der Waals surface area contributed by atoms with Crippen molar-refractivity contribution in [1.29, 1.82) is 0 Å². The number of nitrogens with one attached hydrogen (secondary N) is 2. The molecule has 0 saturated carbocycles. The Balaban J connectivity index is 1.69. The third kappa shape index (κ3) is 2.72. The molecule has 0 fully saturated rings. The standard InChI is InChI=1S/C22H24N6/c1-14-9-10-23-19-6-4-5-17(22(19)25-14)15-7-8-20-18(11-15)21(26-28(20)3)16-12-24-27(2)13-16/h4-8,11-14,23,25H,9-10H2,1-3H3/t14-/m1/s1. The van der Waals surface area contributed by atoms with Gasteiger partial charge in [0, 0.05) is 49.4 Å². The van der Waals surface area contributed by atoms with Gasteiger partial charge in [-0.3, -0.25) is 9.36 Å². The number of aromatic nitrogens is 4. The molecule has 1 aliphatic heterocycles. The fourth-order valence-electron chi connectivity index (χ4n) is 4.03. The van der Waals surface area contributed by atoms with E-state index < -0.39 is 0 Å². The third-order valence-corrected chi connectivity index (χ3v) is 5.49. The smallest absolute Gasteiger partial charge is 0.103 e. The van der Waals surface area contributed by atoms with Crippen LogP contribution in [0.3, 0.4) is 0 Å². The maximum Gasteiger partial charge on any atom is 0.103 e. The molecule has 142 valence electrons. The van der Waals surface area contributed by atoms with Gasteiger partial charge in [0.15, 0.2) is 0 Å². The molecule has 5 rings (SSSR count). The summed E-state index contributed by atoms with van der Waals surface area (Å²) in [5, 5.41) is 17.5. The van der Waals surface area contributed by atoms with Crippen molar-refractivity contribution in [3.8, 4) is 22.4 Å². The Morgan fingerprint density at radius 1 is 1.11 bits per heavy atom. The van der Waals surface area contributed by atoms with E-state index >= 15 is 0 Å². The van der Waals surface area contributed by atoms with E-state index in [1.165, 1.54) is 22.5 Å². The lowest BCUT2D eigenvalue weighted by molar-refractivity contribution is 0.746. The molecule has 1 aliphatic rings. The quantitative estimate of drug-likeness (QED) is 0.552. The van der Waals surface area contributed by atoms with Gasteiger partial charge in [-0.25, -0.2) is 0 Å². The first-order chi connectivity index (χ1) is 13.6. The van der Waals surface area contributed by atoms with E-state index in [0.29, 0.717) is 6.04 Å². The average molecular weight is 372 g/mol. The van der Waals surface area contributed by atoms with Crippen molar-refractivity contribution in [3.63, 3.8) is 0 Å². The van der Waals surface area contributed by atoms with Crippen molar-refractivity contribution in [3.05, 3.63) is 48.8 Å². The van der Waals surface area contributed by atoms with Gasteiger partial charge in [0.05, 0.1) is 23.1 Å². The highest BCUT2D eigenvalue weighted by Crippen LogP contribution is 2.38. The Kier molecular flexibility index (Phi) is 3.86. The second kappa shape index (κ2) is 6.41. The van der Waals surface area contributed by atoms with E-state index in [2.05, 4.69) is 59.1 Å². The highest BCUT2D eigenvalue weighted by Gasteiger charge is 2.18. The fourth-order valence-corrected chi connectivity index (χ4v) is 4.03. The maximum absolute atomic E-state index is 4.76. The second-order valence-electron chi connectivity index (χ2n) is 7.60. The van der Waals surface area contributed by atoms with Crippen molar-refractivity contribution in [2.45, 2.75) is 19.4 Å². The predicted octanol–water partition coefficient (Wildman–Crippen LogP) is 4.26. The summed E-state index contributed by atoms with van der Waals surface area (Å²) in [6, 6.07) is 13.5. The zero-order valence-corrected chi connectivity index (χ0v) is 16.4. The molecule has 4 aromatic rings. The summed E-state index contributed by atoms with van der Waals surface area (Å²) in [6.45, 7) is 3.22. The summed E-state index contributed by atoms with van der Waals surface area (Å²) >= 11 is 0. The van der Waals surface area contributed by atoms with Crippen molar-refractivity contribution < 1.29 is 0 Å². The van der Waals surface area contributed by atoms with Gasteiger partial charge in [-0.15, -0.1) is 0 Å². The second-order valence-corrected chi connectivity index (χ2v) is 7.60. The molecule has 2 aromatic carbocycles. The van der Waals surface area contributed by atoms with Crippen molar-refractivity contribution in [2.75, 3.05) is 17.2 Å². The Labute approximate surface area is 164 Å². The number of hydrogen-bond donors (Lipinski definition) is 2. The van der Waals surface area contributed by atoms with Gasteiger partial charge in [-0.2, -0.15) is 10.2 Å². The average Bonchev–Trinajstić information content (AvgIpc) is 3.19. The molecular formula is C22H24N6. The van der Waals surface area contributed by atoms with Crippen LogP contribution >= 0.6 is 0 Å². The number of nitrogens with zero attached hydrogens (tertiary/aromatic N) is 4. The van der Waals surface area contributed by atoms with Crippen LogP contribution < -0.4 is 10.6 Å². The van der Waals surface area contributed by atoms with E-state index in [1.807, 2.05) is 35.9 Å². The first-order valence-corrected chi connectivity index (χ1v) is 9.70. The lowest BCUT2D eigenvalue weighted by Gasteiger charge is -2.17. The minimum absolute atomic E-state index is 0.433. The Morgan fingerprint density at radius 3 is 2.82 bits per heavy atom. The maximum atomic E-state index is 4.76. The van der Waals surface area contributed by atoms with Crippen LogP contribution in [0.25, 0.3) is 33.3 Å². The lowest BCUT2D eigenvalue weighted by atomic mass is 9.99. The zero-order chi connectivity index (χ0) is 19.3. The molecule has 3 heterocycles. The Hall–Kier alpha value is -3.28. The molecule has 2 N–H and O–H groups in total. The summed E-state index contributed by atoms with van der Waals surface area (Å²) in [5.41, 5.74) is 7.86. The lowest BCUT2D eigenvalue weighted by Crippen LogP contribution is -2.15. The molecule has 1 atom stereocenters. The minimum Gasteiger partial charge on any atom is -0.383 e. The van der Waals surface area contributed by atoms with Gasteiger partial charge < -0.3 is 10.6 Å². The number of aryl methyl sites for hydroxylation is 2. The van der Waals surface area contributed by atoms with Crippen molar-refractivity contribution in [1.82, 2.24) is 19.6 Å². The van der Waals surface area contributed by atoms with E-state index in [9.17, 15) is 0 Å². The van der Waals surface area contributed by atoms with Crippen LogP contribution in [0, 0.1) is 0 Å². The highest BCUT2D eigenvalue weighted by atomic mass is 15.3. The number of rotatable bonds is 2. The van der Waals surface area contributed by atoms with Crippen LogP contribution in [0.4, 0.5) is 11.4 Å². The summed E-state index contributed by atoms with van der Waals surface area (Å²) in [4.78, 5) is 0. The number of anilines is 2. The van der Waals surface area contributed by atoms with Crippen molar-refractivity contribution >= 4 is 22.3 Å². The van der Waals surface area contributed by atoms with E-state index in [1.54, 1.807) is 0 Å². The molecule has 0 spiro atoms. The monoisotopic (exact) mass is 372 g/mol. The van der Waals surface area contributed by atoms with Gasteiger partial charge in [-0.05, 0) is 37.1 Å². The SMILES string of the molecule is C[C@@H]1CCNc2cccc(-c3ccc4c(c3)c(-c3cnn(C)c3)nn4C)c2N1. The van der Waals surface area contributed by atoms with Crippen LogP contribution in [0.1, 0.15) is 13.3 Å². The largest absolute Gasteiger partial charge is 0.383 e. The molecule has 0 aliphatic carbocycles. The number of benzene rings is 2. The van der Waals surface area contributed by atoms with Gasteiger partial charge in [0.25, 0.3) is 0 Å². The number of hydrogen-bond acceptors (Lipinski definition) is 4. The molecule has 0 radical (unpaired) electrons. The van der Waals surface area contributed by atoms with Crippen LogP contribution in [0.2, 0.25) is 0 Å². The number of fused-ring (bicyclic) bond motifs is 2. The van der Waals surface area contributed by atoms with Gasteiger partial charge in [0.2, 0.25) is 0 Å². The summed E-state index contributed by atoms with van der Waals surface area (Å²) < 4.78 is 3.75. The summed E-state index contributed by atoms with van der Waals surface area (Å²) in [5.74, 6) is 0. The Morgan fingerprint density at radius 2 is 2.00 bits per heavy atom. The van der Waals surface area contributed by atoms with Crippen molar-refractivity contribution in [2.24, 2.45) is 14.1 Å². The van der Waals surface area contributed by atoms with Crippen LogP contribution in [0.5, 0.6) is 0 Å². The van der Waals surface area contributed by atoms with Gasteiger partial charge in [-0.1, -0.05) is 18.2 Å². The summed E-state index contributed by atoms with van der Waals surface area (Å²) in [7, 11) is 3.92. The van der Waals surface area contributed by atoms with Gasteiger partial charge in [0.1, 0.15) is 5.69 Å². The minimum atomic E-state index is 0.433. The summed E-state index contributed by atoms with van der Waals surface area (Å²) in [6.07, 6.45) is 4.98. The normalized spacial score (nSPS) is 16.3. The van der Waals surface area contributed by atoms with E-state index in [-0.39, 0.29) is 0 Å². The molecule has 2 aromatic heterocycles. The molecule has 0 saturated heterocycles. The zero-order valence-electron chi connectivity index (χ0n) is 16.4. The fraction of sp³-hybridized carbons (Fsp3) is 0.273. The molecule has 0 unspecified atom stereocenters. The predicted molar refractivity (Wildman–Crippen MR) is 115 cm³/mol. The molecule has 6 nitrogen and oxygen atoms in total. The molecular weight excluding hydrogens is 348 g/mol. The first-order valence-electron chi connectivity index (χ1n) is 9.70. The molecule has 0 amide bonds. The van der Waals surface area contributed by atoms with Crippen LogP contribution in [0.15, 0.2) is 48.8 Å². The Bertz CT molecular complexity index is 1170. The van der Waals surface area contributed by atoms with E-state index in [0.717, 1.165) is 35.1 Å². The third-order valence-electron chi connectivity index (χ3n) is 5.49. The first kappa shape index (κ1) is 16.9. The van der Waals surface area contributed by atoms with E-state index in [4.69, 9.17) is 5.10 Å². The molecule has 28 heavy (non-hydrogen) atoms.